The van der Waals surface area contributed by atoms with Crippen molar-refractivity contribution in [2.75, 3.05) is 0 Å². The van der Waals surface area contributed by atoms with Gasteiger partial charge in [0.25, 0.3) is 0 Å². The van der Waals surface area contributed by atoms with Gasteiger partial charge in [-0.25, -0.2) is 0 Å². The van der Waals surface area contributed by atoms with E-state index in [1.807, 2.05) is 0 Å². The molecule has 1 aliphatic carbocycles. The fourth-order valence-electron chi connectivity index (χ4n) is 2.72. The molecule has 1 rings (SSSR count). The summed E-state index contributed by atoms with van der Waals surface area (Å²) in [5.74, 6) is 0.935. The molecule has 0 heteroatoms. The van der Waals surface area contributed by atoms with Crippen LogP contribution < -0.4 is 0 Å². The normalized spacial score (nSPS) is 24.6. The Labute approximate surface area is 103 Å². The molecule has 0 aliphatic heterocycles. The van der Waals surface area contributed by atoms with Gasteiger partial charge < -0.3 is 0 Å². The van der Waals surface area contributed by atoms with Gasteiger partial charge in [0.1, 0.15) is 0 Å². The van der Waals surface area contributed by atoms with Gasteiger partial charge in [0.2, 0.25) is 0 Å². The average Bonchev–Trinajstić information content (AvgIpc) is 2.29. The predicted octanol–water partition coefficient (Wildman–Crippen LogP) is 5.91. The first-order valence-corrected chi connectivity index (χ1v) is 7.71. The molecule has 0 nitrogen and oxygen atoms in total. The lowest BCUT2D eigenvalue weighted by Gasteiger charge is -2.10. The monoisotopic (exact) mass is 223 g/mol. The summed E-state index contributed by atoms with van der Waals surface area (Å²) in [5, 5.41) is 0. The molecule has 0 bridgehead atoms. The van der Waals surface area contributed by atoms with Gasteiger partial charge in [-0.3, -0.25) is 0 Å². The van der Waals surface area contributed by atoms with E-state index in [1.165, 1.54) is 83.5 Å². The lowest BCUT2D eigenvalue weighted by molar-refractivity contribution is 0.472. The molecule has 1 atom stereocenters. The van der Waals surface area contributed by atoms with Crippen LogP contribution in [0, 0.1) is 12.3 Å². The first kappa shape index (κ1) is 14.1. The molecule has 1 fully saturated rings. The van der Waals surface area contributed by atoms with Gasteiger partial charge in [-0.2, -0.15) is 0 Å². The summed E-state index contributed by atoms with van der Waals surface area (Å²) in [6.45, 7) is 2.43. The minimum absolute atomic E-state index is 0.935. The maximum absolute atomic E-state index is 2.55. The maximum atomic E-state index is 2.55. The fourth-order valence-corrected chi connectivity index (χ4v) is 2.72. The van der Waals surface area contributed by atoms with Gasteiger partial charge in [-0.05, 0) is 18.8 Å². The fraction of sp³-hybridized carbons (Fsp3) is 0.938. The van der Waals surface area contributed by atoms with E-state index in [2.05, 4.69) is 13.3 Å². The average molecular weight is 223 g/mol. The minimum atomic E-state index is 0.935. The molecular weight excluding hydrogens is 192 g/mol. The SMILES string of the molecule is CC1C[CH]CCCCCCCCCCCC1. The van der Waals surface area contributed by atoms with Crippen LogP contribution in [0.2, 0.25) is 0 Å². The van der Waals surface area contributed by atoms with Crippen molar-refractivity contribution in [3.63, 3.8) is 0 Å². The molecule has 1 radical (unpaired) electrons. The molecule has 95 valence electrons. The first-order valence-electron chi connectivity index (χ1n) is 7.71. The van der Waals surface area contributed by atoms with Crippen molar-refractivity contribution in [3.8, 4) is 0 Å². The van der Waals surface area contributed by atoms with Crippen LogP contribution in [0.3, 0.4) is 0 Å². The third-order valence-corrected chi connectivity index (χ3v) is 3.92. The van der Waals surface area contributed by atoms with Crippen molar-refractivity contribution >= 4 is 0 Å². The molecule has 1 unspecified atom stereocenters. The zero-order valence-electron chi connectivity index (χ0n) is 11.3. The van der Waals surface area contributed by atoms with E-state index in [-0.39, 0.29) is 0 Å². The second kappa shape index (κ2) is 10.2. The predicted molar refractivity (Wildman–Crippen MR) is 73.5 cm³/mol. The van der Waals surface area contributed by atoms with E-state index < -0.39 is 0 Å². The van der Waals surface area contributed by atoms with Crippen LogP contribution in [-0.4, -0.2) is 0 Å². The van der Waals surface area contributed by atoms with Crippen molar-refractivity contribution in [2.45, 2.75) is 90.4 Å². The Bertz CT molecular complexity index is 123. The van der Waals surface area contributed by atoms with Crippen LogP contribution in [0.1, 0.15) is 90.4 Å². The quantitative estimate of drug-likeness (QED) is 0.479. The lowest BCUT2D eigenvalue weighted by atomic mass is 9.96. The molecule has 1 saturated carbocycles. The molecular formula is C16H31. The van der Waals surface area contributed by atoms with Gasteiger partial charge in [-0.15, -0.1) is 0 Å². The Morgan fingerprint density at radius 3 is 1.81 bits per heavy atom. The summed E-state index contributed by atoms with van der Waals surface area (Å²) < 4.78 is 0. The summed E-state index contributed by atoms with van der Waals surface area (Å²) in [5.41, 5.74) is 0. The van der Waals surface area contributed by atoms with Crippen LogP contribution >= 0.6 is 0 Å². The summed E-state index contributed by atoms with van der Waals surface area (Å²) in [6, 6.07) is 0. The third kappa shape index (κ3) is 8.19. The Kier molecular flexibility index (Phi) is 8.94. The molecule has 0 aromatic carbocycles. The molecule has 0 heterocycles. The van der Waals surface area contributed by atoms with Gasteiger partial charge in [0.15, 0.2) is 0 Å². The van der Waals surface area contributed by atoms with Crippen LogP contribution in [0.5, 0.6) is 0 Å². The van der Waals surface area contributed by atoms with E-state index in [4.69, 9.17) is 0 Å². The van der Waals surface area contributed by atoms with E-state index in [1.54, 1.807) is 0 Å². The second-order valence-electron chi connectivity index (χ2n) is 5.74. The first-order chi connectivity index (χ1) is 7.89. The maximum Gasteiger partial charge on any atom is -0.0383 e. The van der Waals surface area contributed by atoms with Gasteiger partial charge >= 0.3 is 0 Å². The molecule has 16 heavy (non-hydrogen) atoms. The highest BCUT2D eigenvalue weighted by Crippen LogP contribution is 2.19. The van der Waals surface area contributed by atoms with E-state index in [0.717, 1.165) is 5.92 Å². The van der Waals surface area contributed by atoms with Crippen molar-refractivity contribution in [2.24, 2.45) is 5.92 Å². The van der Waals surface area contributed by atoms with Gasteiger partial charge in [0.05, 0.1) is 0 Å². The van der Waals surface area contributed by atoms with Gasteiger partial charge in [0, 0.05) is 0 Å². The summed E-state index contributed by atoms with van der Waals surface area (Å²) in [6.07, 6.45) is 21.5. The van der Waals surface area contributed by atoms with Crippen LogP contribution in [0.4, 0.5) is 0 Å². The molecule has 0 spiro atoms. The molecule has 1 aliphatic rings. The highest BCUT2D eigenvalue weighted by atomic mass is 14.1. The largest absolute Gasteiger partial charge is 0.0625 e. The van der Waals surface area contributed by atoms with Gasteiger partial charge in [-0.1, -0.05) is 84.0 Å². The zero-order valence-corrected chi connectivity index (χ0v) is 11.3. The summed E-state index contributed by atoms with van der Waals surface area (Å²) in [4.78, 5) is 0. The Morgan fingerprint density at radius 2 is 1.19 bits per heavy atom. The van der Waals surface area contributed by atoms with Crippen molar-refractivity contribution in [1.82, 2.24) is 0 Å². The molecule has 0 N–H and O–H groups in total. The summed E-state index contributed by atoms with van der Waals surface area (Å²) in [7, 11) is 0. The Hall–Kier alpha value is 0. The second-order valence-corrected chi connectivity index (χ2v) is 5.74. The number of rotatable bonds is 0. The number of hydrogen-bond donors (Lipinski definition) is 0. The van der Waals surface area contributed by atoms with E-state index in [0.29, 0.717) is 0 Å². The molecule has 0 saturated heterocycles. The molecule has 0 amide bonds. The molecule has 0 aromatic rings. The Balaban J connectivity index is 2.10. The van der Waals surface area contributed by atoms with Crippen molar-refractivity contribution < 1.29 is 0 Å². The lowest BCUT2D eigenvalue weighted by Crippen LogP contribution is -1.95. The van der Waals surface area contributed by atoms with E-state index >= 15 is 0 Å². The number of hydrogen-bond acceptors (Lipinski definition) is 0. The topological polar surface area (TPSA) is 0 Å². The van der Waals surface area contributed by atoms with Crippen LogP contribution in [0.15, 0.2) is 0 Å². The Morgan fingerprint density at radius 1 is 0.688 bits per heavy atom. The standard InChI is InChI=1S/C16H31/c1-16-14-12-10-8-6-4-2-3-5-7-9-11-13-15-16/h12,16H,2-11,13-15H2,1H3. The summed E-state index contributed by atoms with van der Waals surface area (Å²) >= 11 is 0. The highest BCUT2D eigenvalue weighted by molar-refractivity contribution is 4.69. The van der Waals surface area contributed by atoms with E-state index in [9.17, 15) is 0 Å². The highest BCUT2D eigenvalue weighted by Gasteiger charge is 2.02. The zero-order chi connectivity index (χ0) is 11.5. The van der Waals surface area contributed by atoms with Crippen LogP contribution in [0.25, 0.3) is 0 Å². The van der Waals surface area contributed by atoms with Crippen molar-refractivity contribution in [3.05, 3.63) is 6.42 Å². The smallest absolute Gasteiger partial charge is 0.0383 e. The molecule has 0 aromatic heterocycles. The third-order valence-electron chi connectivity index (χ3n) is 3.92. The van der Waals surface area contributed by atoms with Crippen LogP contribution in [-0.2, 0) is 0 Å². The van der Waals surface area contributed by atoms with Crippen molar-refractivity contribution in [1.29, 1.82) is 0 Å². The minimum Gasteiger partial charge on any atom is -0.0625 e.